The maximum absolute atomic E-state index is 8.75. The van der Waals surface area contributed by atoms with Gasteiger partial charge in [-0.25, -0.2) is 0 Å². The van der Waals surface area contributed by atoms with Crippen LogP contribution in [0.4, 0.5) is 0 Å². The summed E-state index contributed by atoms with van der Waals surface area (Å²) >= 11 is 0. The highest BCUT2D eigenvalue weighted by Gasteiger charge is 2.35. The molecule has 2 aliphatic heterocycles. The molecule has 0 aromatic carbocycles. The fourth-order valence-corrected chi connectivity index (χ4v) is 2.58. The molecule has 2 N–H and O–H groups in total. The predicted octanol–water partition coefficient (Wildman–Crippen LogP) is -0.180. The number of morpholine rings is 2. The molecule has 0 amide bonds. The first kappa shape index (κ1) is 11.3. The lowest BCUT2D eigenvalue weighted by atomic mass is 9.99. The van der Waals surface area contributed by atoms with E-state index >= 15 is 0 Å². The number of rotatable bonds is 4. The summed E-state index contributed by atoms with van der Waals surface area (Å²) in [5.41, 5.74) is 0. The van der Waals surface area contributed by atoms with Gasteiger partial charge in [0.25, 0.3) is 0 Å². The maximum atomic E-state index is 8.75. The Labute approximate surface area is 91.6 Å². The number of aliphatic hydroxyl groups is 1. The summed E-state index contributed by atoms with van der Waals surface area (Å²) in [6.45, 7) is 3.37. The largest absolute Gasteiger partial charge is 0.396 e. The fourth-order valence-electron chi connectivity index (χ4n) is 2.58. The average Bonchev–Trinajstić information content (AvgIpc) is 2.21. The molecule has 2 aliphatic rings. The molecule has 0 unspecified atom stereocenters. The van der Waals surface area contributed by atoms with Crippen LogP contribution in [-0.4, -0.2) is 61.5 Å². The number of fused-ring (bicyclic) bond motifs is 2. The van der Waals surface area contributed by atoms with Crippen LogP contribution in [0.1, 0.15) is 19.3 Å². The van der Waals surface area contributed by atoms with Crippen molar-refractivity contribution in [3.05, 3.63) is 0 Å². The maximum Gasteiger partial charge on any atom is 0.0859 e. The highest BCUT2D eigenvalue weighted by molar-refractivity contribution is 4.90. The van der Waals surface area contributed by atoms with Crippen LogP contribution in [0, 0.1) is 0 Å². The van der Waals surface area contributed by atoms with Gasteiger partial charge in [-0.15, -0.1) is 0 Å². The van der Waals surface area contributed by atoms with Crippen LogP contribution in [0.15, 0.2) is 0 Å². The van der Waals surface area contributed by atoms with Gasteiger partial charge in [0, 0.05) is 32.3 Å². The van der Waals surface area contributed by atoms with Crippen molar-refractivity contribution in [2.24, 2.45) is 0 Å². The highest BCUT2D eigenvalue weighted by atomic mass is 16.5. The van der Waals surface area contributed by atoms with Gasteiger partial charge < -0.3 is 20.1 Å². The first-order valence-corrected chi connectivity index (χ1v) is 5.98. The number of likely N-dealkylation sites (N-methyl/N-ethyl adjacent to an activating group) is 1. The van der Waals surface area contributed by atoms with E-state index in [4.69, 9.17) is 9.84 Å². The van der Waals surface area contributed by atoms with E-state index in [0.717, 1.165) is 38.9 Å². The Morgan fingerprint density at radius 3 is 3.07 bits per heavy atom. The first-order chi connectivity index (χ1) is 7.29. The van der Waals surface area contributed by atoms with Gasteiger partial charge in [-0.3, -0.25) is 0 Å². The van der Waals surface area contributed by atoms with E-state index < -0.39 is 0 Å². The monoisotopic (exact) mass is 214 g/mol. The van der Waals surface area contributed by atoms with E-state index in [2.05, 4.69) is 17.3 Å². The lowest BCUT2D eigenvalue weighted by Crippen LogP contribution is -2.62. The quantitative estimate of drug-likeness (QED) is 0.637. The van der Waals surface area contributed by atoms with Crippen molar-refractivity contribution in [1.82, 2.24) is 10.2 Å². The van der Waals surface area contributed by atoms with Gasteiger partial charge in [-0.2, -0.15) is 0 Å². The fraction of sp³-hybridized carbons (Fsp3) is 1.00. The molecule has 0 aromatic heterocycles. The first-order valence-electron chi connectivity index (χ1n) is 5.98. The molecular formula is C11H22N2O2. The average molecular weight is 214 g/mol. The van der Waals surface area contributed by atoms with E-state index in [1.807, 2.05) is 0 Å². The Balaban J connectivity index is 1.80. The Morgan fingerprint density at radius 1 is 1.40 bits per heavy atom. The summed E-state index contributed by atoms with van der Waals surface area (Å²) in [6.07, 6.45) is 3.84. The smallest absolute Gasteiger partial charge is 0.0859 e. The third-order valence-corrected chi connectivity index (χ3v) is 3.35. The van der Waals surface area contributed by atoms with Crippen molar-refractivity contribution < 1.29 is 9.84 Å². The van der Waals surface area contributed by atoms with Crippen LogP contribution in [-0.2, 0) is 4.74 Å². The lowest BCUT2D eigenvalue weighted by Gasteiger charge is -2.45. The third-order valence-electron chi connectivity index (χ3n) is 3.35. The van der Waals surface area contributed by atoms with Crippen LogP contribution < -0.4 is 5.32 Å². The molecule has 88 valence electrons. The molecule has 0 aromatic rings. The van der Waals surface area contributed by atoms with Crippen molar-refractivity contribution >= 4 is 0 Å². The minimum absolute atomic E-state index is 0.306. The number of hydrogen-bond acceptors (Lipinski definition) is 4. The Bertz CT molecular complexity index is 199. The molecule has 15 heavy (non-hydrogen) atoms. The van der Waals surface area contributed by atoms with E-state index in [-0.39, 0.29) is 0 Å². The molecule has 3 atom stereocenters. The molecule has 2 bridgehead atoms. The number of nitrogens with zero attached hydrogens (tertiary/aromatic N) is 1. The molecule has 4 nitrogen and oxygen atoms in total. The molecule has 0 spiro atoms. The molecule has 0 saturated carbocycles. The number of nitrogens with one attached hydrogen (secondary N) is 1. The van der Waals surface area contributed by atoms with Crippen molar-refractivity contribution in [1.29, 1.82) is 0 Å². The van der Waals surface area contributed by atoms with Crippen molar-refractivity contribution in [3.8, 4) is 0 Å². The molecule has 0 aliphatic carbocycles. The number of ether oxygens (including phenoxy) is 1. The summed E-state index contributed by atoms with van der Waals surface area (Å²) in [6, 6.07) is 0.482. The zero-order valence-electron chi connectivity index (χ0n) is 9.48. The summed E-state index contributed by atoms with van der Waals surface area (Å²) in [7, 11) is 2.17. The van der Waals surface area contributed by atoms with Crippen molar-refractivity contribution in [2.75, 3.05) is 33.3 Å². The van der Waals surface area contributed by atoms with Gasteiger partial charge in [0.2, 0.25) is 0 Å². The lowest BCUT2D eigenvalue weighted by molar-refractivity contribution is -0.119. The molecule has 0 radical (unpaired) electrons. The van der Waals surface area contributed by atoms with Crippen LogP contribution in [0.2, 0.25) is 0 Å². The Kier molecular flexibility index (Phi) is 3.97. The van der Waals surface area contributed by atoms with E-state index in [1.54, 1.807) is 0 Å². The van der Waals surface area contributed by atoms with Crippen LogP contribution in [0.5, 0.6) is 0 Å². The highest BCUT2D eigenvalue weighted by Crippen LogP contribution is 2.20. The third kappa shape index (κ3) is 2.91. The van der Waals surface area contributed by atoms with Crippen molar-refractivity contribution in [3.63, 3.8) is 0 Å². The van der Waals surface area contributed by atoms with E-state index in [0.29, 0.717) is 24.9 Å². The summed E-state index contributed by atoms with van der Waals surface area (Å²) in [5.74, 6) is 0. The predicted molar refractivity (Wildman–Crippen MR) is 58.9 cm³/mol. The zero-order valence-corrected chi connectivity index (χ0v) is 9.48. The second-order valence-electron chi connectivity index (χ2n) is 4.75. The minimum atomic E-state index is 0.306. The number of aliphatic hydroxyl groups excluding tert-OH is 1. The molecule has 2 heterocycles. The second-order valence-corrected chi connectivity index (χ2v) is 4.75. The van der Waals surface area contributed by atoms with Gasteiger partial charge in [-0.05, 0) is 26.3 Å². The van der Waals surface area contributed by atoms with Gasteiger partial charge >= 0.3 is 0 Å². The normalized spacial score (nSPS) is 36.8. The zero-order chi connectivity index (χ0) is 10.7. The minimum Gasteiger partial charge on any atom is -0.396 e. The molecule has 2 rings (SSSR count). The van der Waals surface area contributed by atoms with E-state index in [1.165, 1.54) is 0 Å². The van der Waals surface area contributed by atoms with Crippen molar-refractivity contribution in [2.45, 2.75) is 37.5 Å². The Hall–Kier alpha value is -0.160. The van der Waals surface area contributed by atoms with Crippen LogP contribution in [0.25, 0.3) is 0 Å². The standard InChI is InChI=1S/C11H22N2O2/c1-13-7-9-6-12-10(4-2-3-5-14)11(8-13)15-9/h9-12,14H,2-8H2,1H3/t9-,10+,11-/m1/s1. The number of hydrogen-bond donors (Lipinski definition) is 2. The van der Waals surface area contributed by atoms with Crippen LogP contribution in [0.3, 0.4) is 0 Å². The van der Waals surface area contributed by atoms with E-state index in [9.17, 15) is 0 Å². The van der Waals surface area contributed by atoms with Crippen LogP contribution >= 0.6 is 0 Å². The van der Waals surface area contributed by atoms with Gasteiger partial charge in [-0.1, -0.05) is 0 Å². The topological polar surface area (TPSA) is 44.7 Å². The Morgan fingerprint density at radius 2 is 2.27 bits per heavy atom. The summed E-state index contributed by atoms with van der Waals surface area (Å²) in [5, 5.41) is 12.3. The SMILES string of the molecule is CN1C[C@H]2CN[C@@H](CCCCO)[C@@H](C1)O2. The summed E-state index contributed by atoms with van der Waals surface area (Å²) in [4.78, 5) is 2.36. The molecule has 4 heteroatoms. The number of unbranched alkanes of at least 4 members (excludes halogenated alkanes) is 1. The van der Waals surface area contributed by atoms with Gasteiger partial charge in [0.05, 0.1) is 12.2 Å². The molecule has 2 fully saturated rings. The second kappa shape index (κ2) is 5.25. The van der Waals surface area contributed by atoms with Gasteiger partial charge in [0.15, 0.2) is 0 Å². The summed E-state index contributed by atoms with van der Waals surface area (Å²) < 4.78 is 5.97. The van der Waals surface area contributed by atoms with Gasteiger partial charge in [0.1, 0.15) is 0 Å². The molecule has 2 saturated heterocycles. The molecular weight excluding hydrogens is 192 g/mol.